The number of thiophene rings is 1. The van der Waals surface area contributed by atoms with Crippen LogP contribution in [0.1, 0.15) is 42.5 Å². The molecule has 0 bridgehead atoms. The lowest BCUT2D eigenvalue weighted by atomic mass is 10.2. The molecule has 6 heteroatoms. The third-order valence-electron chi connectivity index (χ3n) is 3.97. The summed E-state index contributed by atoms with van der Waals surface area (Å²) in [5.74, 6) is 0.866. The summed E-state index contributed by atoms with van der Waals surface area (Å²) >= 11 is 1.74. The summed E-state index contributed by atoms with van der Waals surface area (Å²) in [5.41, 5.74) is 1.30. The number of hydrogen-bond donors (Lipinski definition) is 3. The number of carbonyl (C=O) groups is 1. The molecule has 22 heavy (non-hydrogen) atoms. The van der Waals surface area contributed by atoms with Crippen molar-refractivity contribution in [2.45, 2.75) is 51.6 Å². The lowest BCUT2D eigenvalue weighted by molar-refractivity contribution is -0.121. The first kappa shape index (κ1) is 16.8. The van der Waals surface area contributed by atoms with Crippen molar-refractivity contribution >= 4 is 23.2 Å². The van der Waals surface area contributed by atoms with Gasteiger partial charge in [-0.1, -0.05) is 12.8 Å². The average Bonchev–Trinajstić information content (AvgIpc) is 3.14. The van der Waals surface area contributed by atoms with E-state index >= 15 is 0 Å². The zero-order chi connectivity index (χ0) is 15.8. The molecule has 1 heterocycles. The molecule has 0 saturated heterocycles. The van der Waals surface area contributed by atoms with Gasteiger partial charge in [0.15, 0.2) is 5.96 Å². The van der Waals surface area contributed by atoms with Crippen LogP contribution in [0.15, 0.2) is 16.4 Å². The summed E-state index contributed by atoms with van der Waals surface area (Å²) in [6, 6.07) is 2.51. The summed E-state index contributed by atoms with van der Waals surface area (Å²) in [6.07, 6.45) is 5.21. The predicted octanol–water partition coefficient (Wildman–Crippen LogP) is 2.17. The highest BCUT2D eigenvalue weighted by atomic mass is 32.1. The predicted molar refractivity (Wildman–Crippen MR) is 92.3 cm³/mol. The maximum absolute atomic E-state index is 11.8. The lowest BCUT2D eigenvalue weighted by Gasteiger charge is -2.14. The third-order valence-corrected chi connectivity index (χ3v) is 5.00. The van der Waals surface area contributed by atoms with E-state index in [0.717, 1.165) is 25.3 Å². The van der Waals surface area contributed by atoms with Crippen molar-refractivity contribution < 1.29 is 4.79 Å². The number of aliphatic imine (C=N–C) groups is 1. The molecule has 122 valence electrons. The maximum Gasteiger partial charge on any atom is 0.221 e. The minimum atomic E-state index is 0.129. The Balaban J connectivity index is 1.63. The first-order valence-electron chi connectivity index (χ1n) is 7.96. The van der Waals surface area contributed by atoms with Crippen molar-refractivity contribution in [3.8, 4) is 0 Å². The number of carbonyl (C=O) groups excluding carboxylic acids is 1. The highest BCUT2D eigenvalue weighted by Gasteiger charge is 2.16. The lowest BCUT2D eigenvalue weighted by Crippen LogP contribution is -2.40. The minimum Gasteiger partial charge on any atom is -0.356 e. The van der Waals surface area contributed by atoms with Gasteiger partial charge in [-0.3, -0.25) is 9.79 Å². The maximum atomic E-state index is 11.8. The molecule has 5 nitrogen and oxygen atoms in total. The van der Waals surface area contributed by atoms with Crippen molar-refractivity contribution in [1.29, 1.82) is 0 Å². The van der Waals surface area contributed by atoms with Crippen molar-refractivity contribution in [2.24, 2.45) is 4.99 Å². The first-order chi connectivity index (χ1) is 10.7. The monoisotopic (exact) mass is 322 g/mol. The van der Waals surface area contributed by atoms with Crippen LogP contribution in [0.2, 0.25) is 0 Å². The van der Waals surface area contributed by atoms with Crippen LogP contribution in [-0.2, 0) is 11.3 Å². The third kappa shape index (κ3) is 5.33. The standard InChI is InChI=1S/C16H26N4OS/c1-12-8-10-22-14(12)11-19-16(17-2)18-9-7-15(21)20-13-5-3-4-6-13/h8,10,13H,3-7,9,11H2,1-2H3,(H,20,21)(H2,17,18,19). The van der Waals surface area contributed by atoms with Crippen LogP contribution >= 0.6 is 11.3 Å². The molecule has 1 aliphatic carbocycles. The van der Waals surface area contributed by atoms with Crippen LogP contribution in [0.3, 0.4) is 0 Å². The Morgan fingerprint density at radius 1 is 1.36 bits per heavy atom. The van der Waals surface area contributed by atoms with E-state index in [0.29, 0.717) is 19.0 Å². The fourth-order valence-corrected chi connectivity index (χ4v) is 3.48. The number of nitrogens with one attached hydrogen (secondary N) is 3. The van der Waals surface area contributed by atoms with Gasteiger partial charge in [0.1, 0.15) is 0 Å². The molecule has 3 N–H and O–H groups in total. The molecular formula is C16H26N4OS. The number of nitrogens with zero attached hydrogens (tertiary/aromatic N) is 1. The molecule has 1 aliphatic rings. The molecule has 0 aromatic carbocycles. The normalized spacial score (nSPS) is 15.8. The van der Waals surface area contributed by atoms with E-state index in [1.807, 2.05) is 0 Å². The molecular weight excluding hydrogens is 296 g/mol. The molecule has 0 unspecified atom stereocenters. The Bertz CT molecular complexity index is 506. The molecule has 2 rings (SSSR count). The van der Waals surface area contributed by atoms with Gasteiger partial charge < -0.3 is 16.0 Å². The van der Waals surface area contributed by atoms with E-state index < -0.39 is 0 Å². The number of aryl methyl sites for hydroxylation is 1. The molecule has 1 aromatic rings. The Hall–Kier alpha value is -1.56. The molecule has 1 amide bonds. The number of hydrogen-bond acceptors (Lipinski definition) is 3. The van der Waals surface area contributed by atoms with E-state index in [1.54, 1.807) is 18.4 Å². The second-order valence-electron chi connectivity index (χ2n) is 5.68. The summed E-state index contributed by atoms with van der Waals surface area (Å²) in [5, 5.41) is 11.7. The molecule has 1 fully saturated rings. The van der Waals surface area contributed by atoms with E-state index in [4.69, 9.17) is 0 Å². The Morgan fingerprint density at radius 3 is 2.77 bits per heavy atom. The van der Waals surface area contributed by atoms with Crippen molar-refractivity contribution in [3.63, 3.8) is 0 Å². The van der Waals surface area contributed by atoms with Crippen molar-refractivity contribution in [1.82, 2.24) is 16.0 Å². The minimum absolute atomic E-state index is 0.129. The molecule has 0 spiro atoms. The quantitative estimate of drug-likeness (QED) is 0.555. The molecule has 0 radical (unpaired) electrons. The van der Waals surface area contributed by atoms with Gasteiger partial charge in [0.05, 0.1) is 6.54 Å². The van der Waals surface area contributed by atoms with Crippen LogP contribution in [0.25, 0.3) is 0 Å². The molecule has 1 saturated carbocycles. The Kier molecular flexibility index (Phi) is 6.71. The summed E-state index contributed by atoms with van der Waals surface area (Å²) in [7, 11) is 1.75. The zero-order valence-electron chi connectivity index (χ0n) is 13.4. The van der Waals surface area contributed by atoms with Gasteiger partial charge in [0.25, 0.3) is 0 Å². The summed E-state index contributed by atoms with van der Waals surface area (Å²) in [4.78, 5) is 17.3. The fraction of sp³-hybridized carbons (Fsp3) is 0.625. The highest BCUT2D eigenvalue weighted by molar-refractivity contribution is 7.10. The van der Waals surface area contributed by atoms with Crippen molar-refractivity contribution in [2.75, 3.05) is 13.6 Å². The van der Waals surface area contributed by atoms with E-state index in [1.165, 1.54) is 23.3 Å². The Morgan fingerprint density at radius 2 is 2.14 bits per heavy atom. The van der Waals surface area contributed by atoms with Crippen LogP contribution in [-0.4, -0.2) is 31.5 Å². The van der Waals surface area contributed by atoms with Gasteiger partial charge in [-0.25, -0.2) is 0 Å². The Labute approximate surface area is 136 Å². The van der Waals surface area contributed by atoms with Gasteiger partial charge in [-0.2, -0.15) is 0 Å². The highest BCUT2D eigenvalue weighted by Crippen LogP contribution is 2.17. The zero-order valence-corrected chi connectivity index (χ0v) is 14.3. The SMILES string of the molecule is CN=C(NCCC(=O)NC1CCCC1)NCc1sccc1C. The van der Waals surface area contributed by atoms with Gasteiger partial charge >= 0.3 is 0 Å². The molecule has 0 atom stereocenters. The topological polar surface area (TPSA) is 65.5 Å². The van der Waals surface area contributed by atoms with E-state index in [-0.39, 0.29) is 5.91 Å². The van der Waals surface area contributed by atoms with Crippen molar-refractivity contribution in [3.05, 3.63) is 21.9 Å². The largest absolute Gasteiger partial charge is 0.356 e. The van der Waals surface area contributed by atoms with Gasteiger partial charge in [-0.15, -0.1) is 11.3 Å². The number of amides is 1. The number of rotatable bonds is 6. The number of guanidine groups is 1. The van der Waals surface area contributed by atoms with Gasteiger partial charge in [-0.05, 0) is 36.8 Å². The van der Waals surface area contributed by atoms with Crippen LogP contribution in [0.4, 0.5) is 0 Å². The molecule has 0 aliphatic heterocycles. The smallest absolute Gasteiger partial charge is 0.221 e. The van der Waals surface area contributed by atoms with Gasteiger partial charge in [0, 0.05) is 30.9 Å². The van der Waals surface area contributed by atoms with Crippen LogP contribution in [0.5, 0.6) is 0 Å². The second kappa shape index (κ2) is 8.78. The van der Waals surface area contributed by atoms with Gasteiger partial charge in [0.2, 0.25) is 5.91 Å². The first-order valence-corrected chi connectivity index (χ1v) is 8.84. The molecule has 1 aromatic heterocycles. The van der Waals surface area contributed by atoms with E-state index in [2.05, 4.69) is 39.3 Å². The van der Waals surface area contributed by atoms with Crippen LogP contribution < -0.4 is 16.0 Å². The summed E-state index contributed by atoms with van der Waals surface area (Å²) < 4.78 is 0. The summed E-state index contributed by atoms with van der Waals surface area (Å²) in [6.45, 7) is 3.47. The van der Waals surface area contributed by atoms with Crippen LogP contribution in [0, 0.1) is 6.92 Å². The second-order valence-corrected chi connectivity index (χ2v) is 6.68. The fourth-order valence-electron chi connectivity index (χ4n) is 2.63. The average molecular weight is 322 g/mol. The van der Waals surface area contributed by atoms with E-state index in [9.17, 15) is 4.79 Å².